The number of aliphatic hydroxyl groups is 1. The lowest BCUT2D eigenvalue weighted by atomic mass is 10.2. The molecule has 0 aromatic heterocycles. The first-order valence-electron chi connectivity index (χ1n) is 5.03. The van der Waals surface area contributed by atoms with E-state index in [1.165, 1.54) is 7.11 Å². The molecule has 4 nitrogen and oxygen atoms in total. The van der Waals surface area contributed by atoms with Gasteiger partial charge in [-0.05, 0) is 12.8 Å². The van der Waals surface area contributed by atoms with Crippen LogP contribution in [-0.4, -0.2) is 37.5 Å². The van der Waals surface area contributed by atoms with Crippen molar-refractivity contribution in [3.63, 3.8) is 0 Å². The Morgan fingerprint density at radius 2 is 2.21 bits per heavy atom. The summed E-state index contributed by atoms with van der Waals surface area (Å²) in [7, 11) is 1.52. The second kappa shape index (κ2) is 8.97. The van der Waals surface area contributed by atoms with Gasteiger partial charge in [-0.25, -0.2) is 0 Å². The lowest BCUT2D eigenvalue weighted by Crippen LogP contribution is -2.16. The molecule has 0 spiro atoms. The number of hydrogen-bond donors (Lipinski definition) is 1. The van der Waals surface area contributed by atoms with Gasteiger partial charge in [0.1, 0.15) is 0 Å². The topological polar surface area (TPSA) is 55.8 Å². The highest BCUT2D eigenvalue weighted by Gasteiger charge is 2.08. The van der Waals surface area contributed by atoms with Crippen molar-refractivity contribution < 1.29 is 19.4 Å². The van der Waals surface area contributed by atoms with E-state index in [1.54, 1.807) is 0 Å². The fourth-order valence-corrected chi connectivity index (χ4v) is 0.963. The van der Waals surface area contributed by atoms with Gasteiger partial charge in [0.2, 0.25) is 0 Å². The van der Waals surface area contributed by atoms with Crippen LogP contribution in [0.2, 0.25) is 0 Å². The van der Waals surface area contributed by atoms with Crippen molar-refractivity contribution in [3.05, 3.63) is 0 Å². The van der Waals surface area contributed by atoms with Gasteiger partial charge in [0.25, 0.3) is 0 Å². The average Bonchev–Trinajstić information content (AvgIpc) is 2.16. The summed E-state index contributed by atoms with van der Waals surface area (Å²) in [6, 6.07) is 0. The van der Waals surface area contributed by atoms with Gasteiger partial charge in [-0.2, -0.15) is 0 Å². The first kappa shape index (κ1) is 13.4. The highest BCUT2D eigenvalue weighted by molar-refractivity contribution is 5.69. The molecule has 0 bridgehead atoms. The third-order valence-electron chi connectivity index (χ3n) is 1.80. The average molecular weight is 204 g/mol. The molecule has 1 N–H and O–H groups in total. The van der Waals surface area contributed by atoms with Crippen LogP contribution in [0.4, 0.5) is 0 Å². The van der Waals surface area contributed by atoms with Gasteiger partial charge in [-0.3, -0.25) is 4.79 Å². The third-order valence-corrected chi connectivity index (χ3v) is 1.80. The van der Waals surface area contributed by atoms with E-state index in [2.05, 4.69) is 0 Å². The maximum Gasteiger partial charge on any atom is 0.305 e. The van der Waals surface area contributed by atoms with Crippen molar-refractivity contribution in [1.82, 2.24) is 0 Å². The molecule has 0 fully saturated rings. The molecule has 0 rings (SSSR count). The first-order valence-corrected chi connectivity index (χ1v) is 5.03. The largest absolute Gasteiger partial charge is 0.466 e. The summed E-state index contributed by atoms with van der Waals surface area (Å²) in [5.74, 6) is -0.242. The van der Waals surface area contributed by atoms with E-state index in [0.29, 0.717) is 13.0 Å². The Morgan fingerprint density at radius 1 is 1.50 bits per heavy atom. The van der Waals surface area contributed by atoms with Gasteiger partial charge >= 0.3 is 5.97 Å². The Bertz CT molecular complexity index is 147. The molecule has 0 heterocycles. The normalized spacial score (nSPS) is 12.5. The van der Waals surface area contributed by atoms with Crippen LogP contribution in [0.1, 0.15) is 32.6 Å². The molecular formula is C10H20O4. The van der Waals surface area contributed by atoms with Crippen molar-refractivity contribution in [1.29, 1.82) is 0 Å². The number of hydrogen-bond acceptors (Lipinski definition) is 4. The molecule has 0 saturated carbocycles. The number of carbonyl (C=O) groups is 1. The minimum Gasteiger partial charge on any atom is -0.466 e. The van der Waals surface area contributed by atoms with E-state index < -0.39 is 6.10 Å². The highest BCUT2D eigenvalue weighted by Crippen LogP contribution is 2.00. The van der Waals surface area contributed by atoms with Crippen LogP contribution < -0.4 is 0 Å². The number of rotatable bonds is 8. The molecule has 4 heteroatoms. The smallest absolute Gasteiger partial charge is 0.305 e. The quantitative estimate of drug-likeness (QED) is 0.475. The van der Waals surface area contributed by atoms with Crippen LogP contribution in [0, 0.1) is 0 Å². The van der Waals surface area contributed by atoms with Crippen molar-refractivity contribution in [2.24, 2.45) is 0 Å². The Morgan fingerprint density at radius 3 is 2.79 bits per heavy atom. The zero-order valence-corrected chi connectivity index (χ0v) is 8.99. The summed E-state index contributed by atoms with van der Waals surface area (Å²) in [5.41, 5.74) is 0. The van der Waals surface area contributed by atoms with Crippen LogP contribution in [-0.2, 0) is 14.3 Å². The van der Waals surface area contributed by atoms with E-state index in [0.717, 1.165) is 12.8 Å². The molecule has 1 unspecified atom stereocenters. The standard InChI is InChI=1S/C10H20O4/c1-3-4-7-14-10(12)6-5-9(11)8-13-2/h9,11H,3-8H2,1-2H3. The maximum absolute atomic E-state index is 11.1. The lowest BCUT2D eigenvalue weighted by molar-refractivity contribution is -0.144. The molecule has 0 aliphatic carbocycles. The summed E-state index contributed by atoms with van der Waals surface area (Å²) in [6.07, 6.45) is 2.00. The van der Waals surface area contributed by atoms with E-state index in [-0.39, 0.29) is 19.0 Å². The number of carbonyl (C=O) groups excluding carboxylic acids is 1. The lowest BCUT2D eigenvalue weighted by Gasteiger charge is -2.08. The van der Waals surface area contributed by atoms with E-state index >= 15 is 0 Å². The van der Waals surface area contributed by atoms with Crippen LogP contribution in [0.5, 0.6) is 0 Å². The van der Waals surface area contributed by atoms with Gasteiger partial charge in [0, 0.05) is 13.5 Å². The van der Waals surface area contributed by atoms with Crippen molar-refractivity contribution in [2.75, 3.05) is 20.3 Å². The van der Waals surface area contributed by atoms with Crippen LogP contribution in [0.15, 0.2) is 0 Å². The molecule has 0 amide bonds. The highest BCUT2D eigenvalue weighted by atomic mass is 16.5. The number of methoxy groups -OCH3 is 1. The van der Waals surface area contributed by atoms with Gasteiger partial charge in [0.15, 0.2) is 0 Å². The van der Waals surface area contributed by atoms with E-state index in [9.17, 15) is 9.90 Å². The zero-order chi connectivity index (χ0) is 10.8. The maximum atomic E-state index is 11.1. The van der Waals surface area contributed by atoms with E-state index in [4.69, 9.17) is 9.47 Å². The Hall–Kier alpha value is -0.610. The predicted octanol–water partition coefficient (Wildman–Crippen LogP) is 1.12. The van der Waals surface area contributed by atoms with Crippen molar-refractivity contribution >= 4 is 5.97 Å². The second-order valence-electron chi connectivity index (χ2n) is 3.22. The first-order chi connectivity index (χ1) is 6.70. The Balaban J connectivity index is 3.34. The van der Waals surface area contributed by atoms with E-state index in [1.807, 2.05) is 6.92 Å². The summed E-state index contributed by atoms with van der Waals surface area (Å²) in [6.45, 7) is 2.79. The molecule has 0 aromatic carbocycles. The predicted molar refractivity (Wildman–Crippen MR) is 53.0 cm³/mol. The molecule has 0 aromatic rings. The summed E-state index contributed by atoms with van der Waals surface area (Å²) < 4.78 is 9.65. The monoisotopic (exact) mass is 204 g/mol. The molecular weight excluding hydrogens is 184 g/mol. The van der Waals surface area contributed by atoms with Crippen molar-refractivity contribution in [3.8, 4) is 0 Å². The molecule has 1 atom stereocenters. The van der Waals surface area contributed by atoms with Gasteiger partial charge in [-0.1, -0.05) is 13.3 Å². The SMILES string of the molecule is CCCCOC(=O)CCC(O)COC. The number of ether oxygens (including phenoxy) is 2. The fraction of sp³-hybridized carbons (Fsp3) is 0.900. The summed E-state index contributed by atoms with van der Waals surface area (Å²) in [4.78, 5) is 11.1. The summed E-state index contributed by atoms with van der Waals surface area (Å²) in [5, 5.41) is 9.24. The second-order valence-corrected chi connectivity index (χ2v) is 3.22. The fourth-order valence-electron chi connectivity index (χ4n) is 0.963. The summed E-state index contributed by atoms with van der Waals surface area (Å²) >= 11 is 0. The number of aliphatic hydroxyl groups excluding tert-OH is 1. The molecule has 0 aliphatic heterocycles. The van der Waals surface area contributed by atoms with Gasteiger partial charge in [0.05, 0.1) is 19.3 Å². The molecule has 14 heavy (non-hydrogen) atoms. The minimum atomic E-state index is -0.571. The minimum absolute atomic E-state index is 0.242. The van der Waals surface area contributed by atoms with Gasteiger partial charge < -0.3 is 14.6 Å². The Kier molecular flexibility index (Phi) is 8.57. The van der Waals surface area contributed by atoms with Crippen LogP contribution in [0.3, 0.4) is 0 Å². The number of unbranched alkanes of at least 4 members (excludes halogenated alkanes) is 1. The molecule has 84 valence electrons. The van der Waals surface area contributed by atoms with Crippen LogP contribution >= 0.6 is 0 Å². The van der Waals surface area contributed by atoms with Crippen molar-refractivity contribution in [2.45, 2.75) is 38.7 Å². The van der Waals surface area contributed by atoms with Gasteiger partial charge in [-0.15, -0.1) is 0 Å². The number of esters is 1. The zero-order valence-electron chi connectivity index (χ0n) is 8.99. The molecule has 0 saturated heterocycles. The Labute approximate surface area is 85.2 Å². The molecule has 0 radical (unpaired) electrons. The van der Waals surface area contributed by atoms with Crippen LogP contribution in [0.25, 0.3) is 0 Å². The third kappa shape index (κ3) is 8.01. The molecule has 0 aliphatic rings.